The maximum atomic E-state index is 12.8. The number of primary amides is 1. The van der Waals surface area contributed by atoms with E-state index in [1.54, 1.807) is 13.0 Å². The highest BCUT2D eigenvalue weighted by molar-refractivity contribution is 7.16. The fourth-order valence-electron chi connectivity index (χ4n) is 4.27. The topological polar surface area (TPSA) is 94.9 Å². The summed E-state index contributed by atoms with van der Waals surface area (Å²) in [5.41, 5.74) is 8.05. The Labute approximate surface area is 188 Å². The van der Waals surface area contributed by atoms with E-state index in [4.69, 9.17) is 14.9 Å². The average molecular weight is 447 g/mol. The van der Waals surface area contributed by atoms with E-state index < -0.39 is 11.9 Å². The summed E-state index contributed by atoms with van der Waals surface area (Å²) in [7, 11) is 0. The smallest absolute Gasteiger partial charge is 0.341 e. The lowest BCUT2D eigenvalue weighted by atomic mass is 9.95. The fraction of sp³-hybridized carbons (Fsp3) is 0.240. The van der Waals surface area contributed by atoms with Crippen molar-refractivity contribution < 1.29 is 18.7 Å². The molecule has 2 aromatic heterocycles. The lowest BCUT2D eigenvalue weighted by molar-refractivity contribution is 0.0526. The number of hydrogen-bond acceptors (Lipinski definition) is 6. The number of carbonyl (C=O) groups is 2. The molecule has 32 heavy (non-hydrogen) atoms. The molecule has 2 aromatic carbocycles. The van der Waals surface area contributed by atoms with Crippen LogP contribution in [0.2, 0.25) is 0 Å². The van der Waals surface area contributed by atoms with Crippen LogP contribution in [-0.2, 0) is 17.6 Å². The number of nitrogens with two attached hydrogens (primary N) is 1. The minimum Gasteiger partial charge on any atom is -0.462 e. The molecule has 0 spiro atoms. The van der Waals surface area contributed by atoms with Crippen molar-refractivity contribution in [1.82, 2.24) is 0 Å². The number of amides is 1. The van der Waals surface area contributed by atoms with Crippen LogP contribution in [0.1, 0.15) is 50.9 Å². The van der Waals surface area contributed by atoms with Crippen LogP contribution in [0, 0.1) is 0 Å². The minimum atomic E-state index is -0.638. The molecule has 1 aliphatic carbocycles. The number of carbonyl (C=O) groups excluding carboxylic acids is 2. The third-order valence-corrected chi connectivity index (χ3v) is 6.94. The second-order valence-corrected chi connectivity index (χ2v) is 8.83. The van der Waals surface area contributed by atoms with Crippen LogP contribution in [0.25, 0.3) is 21.7 Å². The van der Waals surface area contributed by atoms with Crippen molar-refractivity contribution in [1.29, 1.82) is 0 Å². The van der Waals surface area contributed by atoms with E-state index in [0.29, 0.717) is 16.1 Å². The molecule has 0 bridgehead atoms. The van der Waals surface area contributed by atoms with Gasteiger partial charge in [0.05, 0.1) is 12.2 Å². The van der Waals surface area contributed by atoms with E-state index in [1.807, 2.05) is 36.4 Å². The number of thiophene rings is 1. The molecule has 0 saturated heterocycles. The van der Waals surface area contributed by atoms with Crippen LogP contribution in [0.4, 0.5) is 5.00 Å². The molecular weight excluding hydrogens is 424 g/mol. The van der Waals surface area contributed by atoms with Crippen molar-refractivity contribution in [2.75, 3.05) is 6.61 Å². The van der Waals surface area contributed by atoms with Gasteiger partial charge in [0, 0.05) is 10.3 Å². The molecule has 162 valence electrons. The largest absolute Gasteiger partial charge is 0.462 e. The van der Waals surface area contributed by atoms with E-state index in [9.17, 15) is 9.59 Å². The van der Waals surface area contributed by atoms with Crippen molar-refractivity contribution >= 4 is 50.0 Å². The van der Waals surface area contributed by atoms with Crippen LogP contribution in [0.5, 0.6) is 0 Å². The minimum absolute atomic E-state index is 0.101. The van der Waals surface area contributed by atoms with E-state index in [1.165, 1.54) is 11.3 Å². The monoisotopic (exact) mass is 446 g/mol. The van der Waals surface area contributed by atoms with Gasteiger partial charge < -0.3 is 14.9 Å². The Balaban J connectivity index is 1.77. The highest BCUT2D eigenvalue weighted by atomic mass is 32.1. The van der Waals surface area contributed by atoms with Gasteiger partial charge in [0.25, 0.3) is 5.91 Å². The molecule has 0 fully saturated rings. The lowest BCUT2D eigenvalue weighted by Gasteiger charge is -2.11. The van der Waals surface area contributed by atoms with E-state index in [-0.39, 0.29) is 17.7 Å². The molecule has 0 radical (unpaired) electrons. The summed E-state index contributed by atoms with van der Waals surface area (Å²) in [4.78, 5) is 30.9. The zero-order chi connectivity index (χ0) is 22.2. The summed E-state index contributed by atoms with van der Waals surface area (Å²) in [6, 6.07) is 13.4. The van der Waals surface area contributed by atoms with Crippen LogP contribution in [0.15, 0.2) is 51.9 Å². The Morgan fingerprint density at radius 3 is 2.75 bits per heavy atom. The molecule has 5 rings (SSSR count). The maximum Gasteiger partial charge on any atom is 0.341 e. The zero-order valence-corrected chi connectivity index (χ0v) is 18.5. The second kappa shape index (κ2) is 8.24. The van der Waals surface area contributed by atoms with Crippen LogP contribution in [0.3, 0.4) is 0 Å². The first-order valence-corrected chi connectivity index (χ1v) is 11.5. The molecule has 0 aliphatic heterocycles. The van der Waals surface area contributed by atoms with Gasteiger partial charge in [-0.3, -0.25) is 4.79 Å². The predicted octanol–water partition coefficient (Wildman–Crippen LogP) is 5.03. The zero-order valence-electron chi connectivity index (χ0n) is 17.6. The normalized spacial score (nSPS) is 14.0. The standard InChI is InChI=1S/C25H22N2O4S/c1-2-30-25(29)21-16-9-5-6-10-20(16)32-24(21)27-23-18(22(26)28)13-17-15-8-4-3-7-14(15)11-12-19(17)31-23/h3-4,7-8,11-13H,2,5-6,9-10H2,1H3,(H2,26,28). The van der Waals surface area contributed by atoms with Crippen LogP contribution in [-0.4, -0.2) is 18.5 Å². The highest BCUT2D eigenvalue weighted by Crippen LogP contribution is 2.40. The number of nitrogens with zero attached hydrogens (tertiary/aromatic N) is 1. The molecule has 7 heteroatoms. The molecule has 0 unspecified atom stereocenters. The van der Waals surface area contributed by atoms with Crippen molar-refractivity contribution in [3.8, 4) is 0 Å². The van der Waals surface area contributed by atoms with Gasteiger partial charge in [0.15, 0.2) is 0 Å². The lowest BCUT2D eigenvalue weighted by Crippen LogP contribution is -2.21. The third kappa shape index (κ3) is 3.48. The first kappa shape index (κ1) is 20.5. The first-order valence-electron chi connectivity index (χ1n) is 10.7. The fourth-order valence-corrected chi connectivity index (χ4v) is 5.52. The number of rotatable bonds is 4. The van der Waals surface area contributed by atoms with E-state index in [0.717, 1.165) is 52.3 Å². The van der Waals surface area contributed by atoms with Crippen molar-refractivity contribution in [3.63, 3.8) is 0 Å². The first-order chi connectivity index (χ1) is 15.6. The Kier molecular flexibility index (Phi) is 5.27. The summed E-state index contributed by atoms with van der Waals surface area (Å²) < 4.78 is 11.4. The quantitative estimate of drug-likeness (QED) is 0.351. The maximum absolute atomic E-state index is 12.8. The molecule has 1 aliphatic rings. The molecular formula is C25H22N2O4S. The predicted molar refractivity (Wildman–Crippen MR) is 124 cm³/mol. The summed E-state index contributed by atoms with van der Waals surface area (Å²) >= 11 is 1.46. The van der Waals surface area contributed by atoms with Crippen LogP contribution >= 0.6 is 11.3 Å². The van der Waals surface area contributed by atoms with Gasteiger partial charge in [0.1, 0.15) is 16.1 Å². The van der Waals surface area contributed by atoms with Gasteiger partial charge in [-0.15, -0.1) is 11.3 Å². The van der Waals surface area contributed by atoms with Gasteiger partial charge >= 0.3 is 5.97 Å². The Morgan fingerprint density at radius 1 is 1.12 bits per heavy atom. The van der Waals surface area contributed by atoms with Gasteiger partial charge in [-0.05, 0) is 61.1 Å². The number of ether oxygens (including phenoxy) is 1. The SMILES string of the molecule is CCOC(=O)c1c(N=c2oc3ccc4ccccc4c3cc2C(N)=O)sc2c1CCCC2. The van der Waals surface area contributed by atoms with Gasteiger partial charge in [-0.1, -0.05) is 30.3 Å². The number of aryl methyl sites for hydroxylation is 1. The number of benzene rings is 2. The molecule has 1 amide bonds. The Morgan fingerprint density at radius 2 is 1.94 bits per heavy atom. The number of esters is 1. The van der Waals surface area contributed by atoms with Crippen molar-refractivity contribution in [2.45, 2.75) is 32.6 Å². The number of fused-ring (bicyclic) bond motifs is 4. The van der Waals surface area contributed by atoms with E-state index >= 15 is 0 Å². The summed E-state index contributed by atoms with van der Waals surface area (Å²) in [5, 5.41) is 3.28. The molecule has 4 aromatic rings. The summed E-state index contributed by atoms with van der Waals surface area (Å²) in [6.07, 6.45) is 3.83. The molecule has 2 heterocycles. The van der Waals surface area contributed by atoms with Crippen LogP contribution < -0.4 is 11.3 Å². The van der Waals surface area contributed by atoms with Crippen molar-refractivity contribution in [3.05, 3.63) is 69.6 Å². The highest BCUT2D eigenvalue weighted by Gasteiger charge is 2.26. The number of hydrogen-bond donors (Lipinski definition) is 1. The van der Waals surface area contributed by atoms with Gasteiger partial charge in [0.2, 0.25) is 5.55 Å². The van der Waals surface area contributed by atoms with Crippen molar-refractivity contribution in [2.24, 2.45) is 10.7 Å². The Bertz CT molecular complexity index is 1450. The molecule has 6 nitrogen and oxygen atoms in total. The van der Waals surface area contributed by atoms with E-state index in [2.05, 4.69) is 4.99 Å². The second-order valence-electron chi connectivity index (χ2n) is 7.75. The molecule has 2 N–H and O–H groups in total. The third-order valence-electron chi connectivity index (χ3n) is 5.76. The average Bonchev–Trinajstić information content (AvgIpc) is 3.16. The summed E-state index contributed by atoms with van der Waals surface area (Å²) in [6.45, 7) is 2.06. The molecule has 0 saturated carbocycles. The Hall–Kier alpha value is -3.45. The molecule has 0 atom stereocenters. The van der Waals surface area contributed by atoms with Gasteiger partial charge in [-0.25, -0.2) is 9.79 Å². The summed E-state index contributed by atoms with van der Waals surface area (Å²) in [5.74, 6) is -1.03. The van der Waals surface area contributed by atoms with Gasteiger partial charge in [-0.2, -0.15) is 0 Å².